The summed E-state index contributed by atoms with van der Waals surface area (Å²) in [4.78, 5) is 138. The van der Waals surface area contributed by atoms with Crippen molar-refractivity contribution in [3.63, 3.8) is 0 Å². The quantitative estimate of drug-likeness (QED) is 0.0156. The highest BCUT2D eigenvalue weighted by molar-refractivity contribution is 6.08. The molecule has 1 heterocycles. The van der Waals surface area contributed by atoms with Gasteiger partial charge in [0, 0.05) is 68.1 Å². The summed E-state index contributed by atoms with van der Waals surface area (Å²) in [5.74, 6) is -10.6. The number of carboxylic acids is 1. The van der Waals surface area contributed by atoms with E-state index in [2.05, 4.69) is 75.7 Å². The number of nitrogens with two attached hydrogens (primary N) is 6. The van der Waals surface area contributed by atoms with Crippen LogP contribution in [0, 0.1) is 21.6 Å². The van der Waals surface area contributed by atoms with E-state index in [1.807, 2.05) is 12.2 Å². The van der Waals surface area contributed by atoms with Gasteiger partial charge in [0.2, 0.25) is 29.5 Å². The minimum Gasteiger partial charge on any atom is -0.496 e. The molecule has 4 aromatic rings. The predicted molar refractivity (Wildman–Crippen MR) is 400 cm³/mol. The maximum atomic E-state index is 14.6. The molecule has 30 N–H and O–H groups in total. The number of guanidine groups is 4. The number of carbonyl (C=O) groups excluding carboxylic acids is 9. The third-order valence-corrected chi connectivity index (χ3v) is 15.7. The van der Waals surface area contributed by atoms with Crippen LogP contribution < -0.4 is 122 Å². The van der Waals surface area contributed by atoms with E-state index in [0.29, 0.717) is 30.7 Å². The lowest BCUT2D eigenvalue weighted by Gasteiger charge is -2.22. The van der Waals surface area contributed by atoms with E-state index >= 15 is 0 Å². The molecule has 38 heteroatoms. The van der Waals surface area contributed by atoms with Crippen LogP contribution in [0.2, 0.25) is 0 Å². The SMILES string of the molecule is C=C1/C=C\C=C/CNC=C1C[C@H](NC(=O)c1cc(NC(=O)[C@H](CCCNC(=N)N)NC(=O)c2cc(NC(=O)[C@H](CCCNC(=N)N)NC(=O)c3cc(NC(=O)[C@H](CCCNC(=N)N)NC(=O)c4cc(NC(=O)[C@@H](N)CCCNC(=N)N)ccc4OC)ccc3OCC(=O)O)ccc2OC)ccc1OC)C(N)=O. The Bertz CT molecular complexity index is 4050. The van der Waals surface area contributed by atoms with Crippen molar-refractivity contribution in [3.8, 4) is 23.0 Å². The lowest BCUT2D eigenvalue weighted by Crippen LogP contribution is -2.45. The fourth-order valence-corrected chi connectivity index (χ4v) is 10.3. The number of methoxy groups -OCH3 is 3. The number of carboxylic acid groups (broad SMARTS) is 1. The topological polar surface area (TPSA) is 636 Å². The summed E-state index contributed by atoms with van der Waals surface area (Å²) in [5, 5.41) is 74.7. The number of benzene rings is 4. The third-order valence-electron chi connectivity index (χ3n) is 15.7. The summed E-state index contributed by atoms with van der Waals surface area (Å²) >= 11 is 0. The normalized spacial score (nSPS) is 13.5. The molecule has 5 rings (SSSR count). The highest BCUT2D eigenvalue weighted by Gasteiger charge is 2.31. The van der Waals surface area contributed by atoms with Crippen molar-refractivity contribution in [2.24, 2.45) is 34.4 Å². The standard InChI is InChI=1S/C69H93N23O15/c1-37-12-6-5-7-25-80-35-38(37)30-51(57(71)95)92-60(98)45-33-41(19-23-54(45)106-4)87-63(101)48(14-9-27-82-67(74)75)90-59(97)44-32-40(18-22-53(44)105-3)86-65(103)50(16-11-29-84-69(78)79)91-61(99)46-34-42(20-24-55(46)107-36-56(93)94)88-64(102)49(15-10-28-83-68(76)77)89-58(96)43-31-39(17-21-52(43)104-2)85-62(100)47(70)13-8-26-81-66(72)73/h5-7,12,17-24,31-35,47-51,80H,1,8-11,13-16,25-30,36,70H2,2-4H3,(H2,71,95)(H,85,100)(H,86,103)(H,87,101)(H,88,102)(H,89,96)(H,90,97)(H,91,99)(H,92,98)(H,93,94)(H4,72,73,81)(H4,74,75,82)(H4,76,77,83)(H4,78,79,84)/b7-5-,12-6-,38-35?/t47-,48-,49-,50-,51-/m0/s1. The van der Waals surface area contributed by atoms with Crippen molar-refractivity contribution < 1.29 is 72.0 Å². The van der Waals surface area contributed by atoms with Gasteiger partial charge in [0.05, 0.1) is 49.6 Å². The Morgan fingerprint density at radius 1 is 0.486 bits per heavy atom. The highest BCUT2D eigenvalue weighted by Crippen LogP contribution is 2.29. The van der Waals surface area contributed by atoms with Crippen LogP contribution in [0.4, 0.5) is 22.7 Å². The average molecular weight is 1480 g/mol. The van der Waals surface area contributed by atoms with E-state index in [9.17, 15) is 53.1 Å². The molecule has 0 spiro atoms. The summed E-state index contributed by atoms with van der Waals surface area (Å²) in [7, 11) is 3.86. The van der Waals surface area contributed by atoms with Crippen LogP contribution in [-0.4, -0.2) is 179 Å². The van der Waals surface area contributed by atoms with Gasteiger partial charge >= 0.3 is 5.97 Å². The Kier molecular flexibility index (Phi) is 33.7. The number of ether oxygens (including phenoxy) is 4. The van der Waals surface area contributed by atoms with Crippen molar-refractivity contribution in [3.05, 3.63) is 143 Å². The summed E-state index contributed by atoms with van der Waals surface area (Å²) < 4.78 is 22.0. The number of carbonyl (C=O) groups is 10. The second kappa shape index (κ2) is 42.9. The first-order chi connectivity index (χ1) is 51.0. The van der Waals surface area contributed by atoms with Gasteiger partial charge in [0.1, 0.15) is 47.2 Å². The van der Waals surface area contributed by atoms with Gasteiger partial charge in [-0.25, -0.2) is 4.79 Å². The number of aliphatic carboxylic acids is 1. The van der Waals surface area contributed by atoms with Crippen molar-refractivity contribution in [1.29, 1.82) is 21.6 Å². The van der Waals surface area contributed by atoms with Gasteiger partial charge in [-0.05, 0) is 135 Å². The van der Waals surface area contributed by atoms with Crippen LogP contribution in [0.15, 0.2) is 121 Å². The molecule has 38 nitrogen and oxygen atoms in total. The van der Waals surface area contributed by atoms with E-state index in [4.69, 9.17) is 75.0 Å². The monoisotopic (exact) mass is 1480 g/mol. The van der Waals surface area contributed by atoms with Gasteiger partial charge in [-0.2, -0.15) is 0 Å². The van der Waals surface area contributed by atoms with E-state index in [-0.39, 0.29) is 151 Å². The Morgan fingerprint density at radius 3 is 1.17 bits per heavy atom. The molecule has 107 heavy (non-hydrogen) atoms. The van der Waals surface area contributed by atoms with Gasteiger partial charge in [0.15, 0.2) is 30.4 Å². The van der Waals surface area contributed by atoms with E-state index < -0.39 is 107 Å². The third kappa shape index (κ3) is 28.4. The number of amides is 9. The van der Waals surface area contributed by atoms with Gasteiger partial charge in [-0.1, -0.05) is 30.9 Å². The van der Waals surface area contributed by atoms with Gasteiger partial charge in [0.25, 0.3) is 23.6 Å². The number of allylic oxidation sites excluding steroid dienone is 4. The zero-order valence-electron chi connectivity index (χ0n) is 59.1. The van der Waals surface area contributed by atoms with Crippen LogP contribution in [0.25, 0.3) is 0 Å². The van der Waals surface area contributed by atoms with Gasteiger partial charge in [-0.15, -0.1) is 0 Å². The predicted octanol–water partition coefficient (Wildman–Crippen LogP) is -0.165. The van der Waals surface area contributed by atoms with E-state index in [1.54, 1.807) is 18.4 Å². The van der Waals surface area contributed by atoms with Crippen molar-refractivity contribution in [1.82, 2.24) is 47.9 Å². The fraction of sp³-hybridized carbons (Fsp3) is 0.333. The number of nitrogens with one attached hydrogen (secondary N) is 17. The van der Waals surface area contributed by atoms with Crippen LogP contribution in [0.1, 0.15) is 99.2 Å². The molecule has 1 aliphatic heterocycles. The number of anilines is 4. The van der Waals surface area contributed by atoms with Crippen LogP contribution in [-0.2, 0) is 28.8 Å². The first-order valence-electron chi connectivity index (χ1n) is 33.3. The van der Waals surface area contributed by atoms with Gasteiger partial charge < -0.3 is 128 Å². The molecule has 0 fully saturated rings. The maximum absolute atomic E-state index is 14.6. The first-order valence-corrected chi connectivity index (χ1v) is 33.3. The summed E-state index contributed by atoms with van der Waals surface area (Å²) in [6.07, 6.45) is 9.51. The van der Waals surface area contributed by atoms with Crippen molar-refractivity contribution in [2.75, 3.05) is 81.9 Å². The smallest absolute Gasteiger partial charge is 0.341 e. The molecule has 5 atom stereocenters. The second-order valence-electron chi connectivity index (χ2n) is 23.7. The zero-order valence-corrected chi connectivity index (χ0v) is 59.1. The Morgan fingerprint density at radius 2 is 0.822 bits per heavy atom. The van der Waals surface area contributed by atoms with Crippen LogP contribution >= 0.6 is 0 Å². The number of hydrogen-bond donors (Lipinski definition) is 24. The van der Waals surface area contributed by atoms with E-state index in [1.165, 1.54) is 88.1 Å². The lowest BCUT2D eigenvalue weighted by molar-refractivity contribution is -0.139. The van der Waals surface area contributed by atoms with Crippen LogP contribution in [0.5, 0.6) is 23.0 Å². The molecule has 1 aliphatic rings. The molecule has 574 valence electrons. The molecule has 0 saturated heterocycles. The Labute approximate surface area is 615 Å². The zero-order chi connectivity index (χ0) is 78.7. The molecular weight excluding hydrogens is 1390 g/mol. The van der Waals surface area contributed by atoms with Crippen LogP contribution in [0.3, 0.4) is 0 Å². The molecule has 0 aliphatic carbocycles. The molecule has 0 bridgehead atoms. The molecule has 0 saturated carbocycles. The lowest BCUT2D eigenvalue weighted by atomic mass is 9.99. The van der Waals surface area contributed by atoms with Crippen molar-refractivity contribution >= 4 is 106 Å². The Hall–Kier alpha value is -13.4. The fourth-order valence-electron chi connectivity index (χ4n) is 10.3. The number of rotatable bonds is 41. The summed E-state index contributed by atoms with van der Waals surface area (Å²) in [6.45, 7) is 4.08. The Balaban J connectivity index is 1.41. The summed E-state index contributed by atoms with van der Waals surface area (Å²) in [6, 6.07) is 9.36. The molecule has 4 aromatic carbocycles. The molecule has 9 amide bonds. The largest absolute Gasteiger partial charge is 0.496 e. The molecule has 0 aromatic heterocycles. The second-order valence-corrected chi connectivity index (χ2v) is 23.7. The molecule has 0 unspecified atom stereocenters. The highest BCUT2D eigenvalue weighted by atomic mass is 16.5. The average Bonchev–Trinajstić information content (AvgIpc) is 0.931. The summed E-state index contributed by atoms with van der Waals surface area (Å²) in [5.41, 5.74) is 34.1. The molecule has 0 radical (unpaired) electrons. The van der Waals surface area contributed by atoms with Gasteiger partial charge in [-0.3, -0.25) is 64.8 Å². The van der Waals surface area contributed by atoms with Crippen molar-refractivity contribution in [2.45, 2.75) is 88.0 Å². The minimum atomic E-state index is -1.48. The maximum Gasteiger partial charge on any atom is 0.341 e. The first kappa shape index (κ1) is 84.2. The van der Waals surface area contributed by atoms with E-state index in [0.717, 1.165) is 6.07 Å². The number of hydrogen-bond acceptors (Lipinski definition) is 20. The molecular formula is C69H93N23O15. The minimum absolute atomic E-state index is 0.0299. The number of primary amides is 1.